The van der Waals surface area contributed by atoms with Gasteiger partial charge in [0.25, 0.3) is 0 Å². The molecule has 2 amide bonds. The van der Waals surface area contributed by atoms with E-state index in [2.05, 4.69) is 5.32 Å². The van der Waals surface area contributed by atoms with Gasteiger partial charge in [-0.15, -0.1) is 0 Å². The Labute approximate surface area is 152 Å². The summed E-state index contributed by atoms with van der Waals surface area (Å²) in [4.78, 5) is 25.7. The van der Waals surface area contributed by atoms with Crippen molar-refractivity contribution < 1.29 is 14.3 Å². The van der Waals surface area contributed by atoms with Gasteiger partial charge >= 0.3 is 0 Å². The van der Waals surface area contributed by atoms with Crippen LogP contribution >= 0.6 is 11.6 Å². The number of amides is 2. The van der Waals surface area contributed by atoms with Crippen molar-refractivity contribution in [2.45, 2.75) is 20.8 Å². The van der Waals surface area contributed by atoms with Gasteiger partial charge in [0.2, 0.25) is 11.8 Å². The number of nitrogens with one attached hydrogen (secondary N) is 1. The first-order chi connectivity index (χ1) is 11.9. The number of benzene rings is 2. The van der Waals surface area contributed by atoms with E-state index in [1.807, 2.05) is 13.8 Å². The van der Waals surface area contributed by atoms with Crippen molar-refractivity contribution in [3.63, 3.8) is 0 Å². The number of carbonyl (C=O) groups excluding carboxylic acids is 2. The first-order valence-corrected chi connectivity index (χ1v) is 8.36. The molecular weight excluding hydrogens is 340 g/mol. The lowest BCUT2D eigenvalue weighted by Crippen LogP contribution is -2.37. The van der Waals surface area contributed by atoms with E-state index in [9.17, 15) is 9.59 Å². The second kappa shape index (κ2) is 8.53. The summed E-state index contributed by atoms with van der Waals surface area (Å²) in [7, 11) is 0. The van der Waals surface area contributed by atoms with E-state index in [0.717, 1.165) is 11.3 Å². The smallest absolute Gasteiger partial charge is 0.244 e. The van der Waals surface area contributed by atoms with Crippen molar-refractivity contribution in [1.29, 1.82) is 0 Å². The molecule has 0 bridgehead atoms. The Morgan fingerprint density at radius 1 is 1.16 bits per heavy atom. The quantitative estimate of drug-likeness (QED) is 0.845. The number of ether oxygens (including phenoxy) is 1. The summed E-state index contributed by atoms with van der Waals surface area (Å²) in [6.45, 7) is 5.63. The van der Waals surface area contributed by atoms with Crippen LogP contribution in [0.3, 0.4) is 0 Å². The van der Waals surface area contributed by atoms with E-state index in [0.29, 0.717) is 23.0 Å². The predicted octanol–water partition coefficient (Wildman–Crippen LogP) is 4.04. The zero-order valence-corrected chi connectivity index (χ0v) is 15.3. The standard InChI is InChI=1S/C19H21ClN2O3/c1-4-25-16-10-8-15(9-11-16)21-19(24)12-22(14(3)23)18-7-5-6-17(20)13(18)2/h5-11H,4,12H2,1-3H3,(H,21,24). The molecule has 0 radical (unpaired) electrons. The molecule has 0 aliphatic heterocycles. The van der Waals surface area contributed by atoms with Gasteiger partial charge in [0, 0.05) is 23.3 Å². The lowest BCUT2D eigenvalue weighted by Gasteiger charge is -2.23. The minimum Gasteiger partial charge on any atom is -0.494 e. The van der Waals surface area contributed by atoms with E-state index in [4.69, 9.17) is 16.3 Å². The lowest BCUT2D eigenvalue weighted by atomic mass is 10.1. The highest BCUT2D eigenvalue weighted by Gasteiger charge is 2.18. The summed E-state index contributed by atoms with van der Waals surface area (Å²) in [5, 5.41) is 3.33. The molecule has 0 saturated carbocycles. The number of hydrogen-bond acceptors (Lipinski definition) is 3. The fraction of sp³-hybridized carbons (Fsp3) is 0.263. The molecule has 0 spiro atoms. The van der Waals surface area contributed by atoms with E-state index < -0.39 is 0 Å². The van der Waals surface area contributed by atoms with Crippen molar-refractivity contribution >= 4 is 34.8 Å². The Morgan fingerprint density at radius 3 is 2.44 bits per heavy atom. The summed E-state index contributed by atoms with van der Waals surface area (Å²) in [6.07, 6.45) is 0. The molecule has 132 valence electrons. The van der Waals surface area contributed by atoms with Crippen LogP contribution in [-0.2, 0) is 9.59 Å². The number of nitrogens with zero attached hydrogens (tertiary/aromatic N) is 1. The number of hydrogen-bond donors (Lipinski definition) is 1. The highest BCUT2D eigenvalue weighted by atomic mass is 35.5. The molecule has 0 saturated heterocycles. The van der Waals surface area contributed by atoms with Crippen LogP contribution in [0.4, 0.5) is 11.4 Å². The van der Waals surface area contributed by atoms with Gasteiger partial charge in [0.05, 0.1) is 6.61 Å². The first kappa shape index (κ1) is 18.8. The molecule has 25 heavy (non-hydrogen) atoms. The first-order valence-electron chi connectivity index (χ1n) is 7.98. The van der Waals surface area contributed by atoms with Crippen molar-refractivity contribution in [3.05, 3.63) is 53.1 Å². The fourth-order valence-electron chi connectivity index (χ4n) is 2.40. The summed E-state index contributed by atoms with van der Waals surface area (Å²) >= 11 is 6.12. The Bertz CT molecular complexity index is 760. The molecule has 5 nitrogen and oxygen atoms in total. The average Bonchev–Trinajstić information content (AvgIpc) is 2.57. The average molecular weight is 361 g/mol. The Balaban J connectivity index is 2.10. The Kier molecular flexibility index (Phi) is 6.42. The molecule has 0 aliphatic carbocycles. The van der Waals surface area contributed by atoms with Gasteiger partial charge in [-0.1, -0.05) is 17.7 Å². The van der Waals surface area contributed by atoms with Gasteiger partial charge in [-0.3, -0.25) is 9.59 Å². The third-order valence-corrected chi connectivity index (χ3v) is 4.07. The van der Waals surface area contributed by atoms with Crippen LogP contribution in [0, 0.1) is 6.92 Å². The SMILES string of the molecule is CCOc1ccc(NC(=O)CN(C(C)=O)c2cccc(Cl)c2C)cc1. The number of carbonyl (C=O) groups is 2. The monoisotopic (exact) mass is 360 g/mol. The molecule has 1 N–H and O–H groups in total. The lowest BCUT2D eigenvalue weighted by molar-refractivity contribution is -0.120. The van der Waals surface area contributed by atoms with Gasteiger partial charge in [0.15, 0.2) is 0 Å². The molecular formula is C19H21ClN2O3. The maximum absolute atomic E-state index is 12.3. The van der Waals surface area contributed by atoms with E-state index >= 15 is 0 Å². The summed E-state index contributed by atoms with van der Waals surface area (Å²) in [5.41, 5.74) is 2.02. The molecule has 0 atom stereocenters. The van der Waals surface area contributed by atoms with Gasteiger partial charge in [-0.05, 0) is 55.8 Å². The molecule has 0 fully saturated rings. The molecule has 2 rings (SSSR count). The van der Waals surface area contributed by atoms with Crippen molar-refractivity contribution in [1.82, 2.24) is 0 Å². The van der Waals surface area contributed by atoms with E-state index in [-0.39, 0.29) is 18.4 Å². The van der Waals surface area contributed by atoms with Crippen molar-refractivity contribution in [2.24, 2.45) is 0 Å². The topological polar surface area (TPSA) is 58.6 Å². The largest absolute Gasteiger partial charge is 0.494 e. The zero-order valence-electron chi connectivity index (χ0n) is 14.5. The van der Waals surface area contributed by atoms with Gasteiger partial charge in [0.1, 0.15) is 12.3 Å². The normalized spacial score (nSPS) is 10.2. The Hall–Kier alpha value is -2.53. The van der Waals surface area contributed by atoms with Crippen LogP contribution in [-0.4, -0.2) is 25.0 Å². The second-order valence-corrected chi connectivity index (χ2v) is 5.90. The third-order valence-electron chi connectivity index (χ3n) is 3.66. The number of halogens is 1. The predicted molar refractivity (Wildman–Crippen MR) is 100 cm³/mol. The Morgan fingerprint density at radius 2 is 1.84 bits per heavy atom. The number of rotatable bonds is 6. The molecule has 2 aromatic carbocycles. The van der Waals surface area contributed by atoms with Crippen LogP contribution in [0.5, 0.6) is 5.75 Å². The summed E-state index contributed by atoms with van der Waals surface area (Å²) in [5.74, 6) is 0.214. The van der Waals surface area contributed by atoms with Gasteiger partial charge < -0.3 is 15.0 Å². The van der Waals surface area contributed by atoms with Crippen LogP contribution in [0.2, 0.25) is 5.02 Å². The van der Waals surface area contributed by atoms with Gasteiger partial charge in [-0.25, -0.2) is 0 Å². The maximum atomic E-state index is 12.3. The van der Waals surface area contributed by atoms with Crippen molar-refractivity contribution in [3.8, 4) is 5.75 Å². The van der Waals surface area contributed by atoms with Crippen LogP contribution in [0.1, 0.15) is 19.4 Å². The highest BCUT2D eigenvalue weighted by molar-refractivity contribution is 6.31. The zero-order chi connectivity index (χ0) is 18.4. The summed E-state index contributed by atoms with van der Waals surface area (Å²) < 4.78 is 5.37. The number of anilines is 2. The molecule has 0 heterocycles. The van der Waals surface area contributed by atoms with Crippen LogP contribution in [0.25, 0.3) is 0 Å². The third kappa shape index (κ3) is 4.97. The van der Waals surface area contributed by atoms with Crippen molar-refractivity contribution in [2.75, 3.05) is 23.4 Å². The summed E-state index contributed by atoms with van der Waals surface area (Å²) in [6, 6.07) is 12.3. The minimum atomic E-state index is -0.293. The molecule has 0 aliphatic rings. The van der Waals surface area contributed by atoms with E-state index in [1.165, 1.54) is 11.8 Å². The fourth-order valence-corrected chi connectivity index (χ4v) is 2.57. The highest BCUT2D eigenvalue weighted by Crippen LogP contribution is 2.26. The molecule has 2 aromatic rings. The second-order valence-electron chi connectivity index (χ2n) is 5.49. The maximum Gasteiger partial charge on any atom is 0.244 e. The molecule has 0 unspecified atom stereocenters. The van der Waals surface area contributed by atoms with E-state index in [1.54, 1.807) is 42.5 Å². The van der Waals surface area contributed by atoms with Crippen LogP contribution < -0.4 is 15.0 Å². The van der Waals surface area contributed by atoms with Crippen LogP contribution in [0.15, 0.2) is 42.5 Å². The minimum absolute atomic E-state index is 0.0935. The molecule has 0 aromatic heterocycles. The van der Waals surface area contributed by atoms with Gasteiger partial charge in [-0.2, -0.15) is 0 Å². The molecule has 6 heteroatoms.